The van der Waals surface area contributed by atoms with Crippen LogP contribution in [0.15, 0.2) is 237 Å². The Kier molecular flexibility index (Phi) is 11.7. The molecule has 0 unspecified atom stereocenters. The van der Waals surface area contributed by atoms with Crippen LogP contribution in [0.25, 0.3) is 99.1 Å². The fourth-order valence-corrected chi connectivity index (χ4v) is 10.8. The van der Waals surface area contributed by atoms with E-state index in [1.54, 1.807) is 0 Å². The topological polar surface area (TPSA) is 3.24 Å². The van der Waals surface area contributed by atoms with Crippen molar-refractivity contribution in [2.24, 2.45) is 0 Å². The minimum Gasteiger partial charge on any atom is -0.311 e. The van der Waals surface area contributed by atoms with Crippen LogP contribution in [0.1, 0.15) is 33.4 Å². The second-order valence-corrected chi connectivity index (χ2v) is 20.3. The lowest BCUT2D eigenvalue weighted by Gasteiger charge is -2.26. The minimum atomic E-state index is 1.09. The van der Waals surface area contributed by atoms with E-state index in [2.05, 4.69) is 283 Å². The Morgan fingerprint density at radius 3 is 0.699 bits per heavy atom. The average Bonchev–Trinajstić information content (AvgIpc) is 3.41. The van der Waals surface area contributed by atoms with Gasteiger partial charge < -0.3 is 4.90 Å². The fourth-order valence-electron chi connectivity index (χ4n) is 10.8. The summed E-state index contributed by atoms with van der Waals surface area (Å²) in [6, 6.07) is 88.4. The van der Waals surface area contributed by atoms with Crippen molar-refractivity contribution in [3.05, 3.63) is 270 Å². The van der Waals surface area contributed by atoms with Gasteiger partial charge in [0.2, 0.25) is 0 Å². The molecule has 350 valence electrons. The standard InChI is InChI=1S/C72H57N/c1-46-7-13-58-40-61(22-19-55(58)37-46)64-16-10-49(4)70(43-64)52-25-31-67(32-26-52)73(68-33-27-53(28-34-68)71-44-65(17-11-50(71)5)62-23-20-56-38-47(2)8-14-59(56)41-62)69-35-29-54(30-36-69)72-45-66(18-12-51(72)6)63-24-21-57-39-48(3)9-15-60(57)42-63/h7-45H,1-6H3. The summed E-state index contributed by atoms with van der Waals surface area (Å²) in [4.78, 5) is 2.39. The number of hydrogen-bond donors (Lipinski definition) is 0. The highest BCUT2D eigenvalue weighted by atomic mass is 15.1. The van der Waals surface area contributed by atoms with Gasteiger partial charge in [-0.05, 0) is 230 Å². The highest BCUT2D eigenvalue weighted by molar-refractivity contribution is 5.92. The van der Waals surface area contributed by atoms with Crippen LogP contribution < -0.4 is 4.90 Å². The van der Waals surface area contributed by atoms with Crippen molar-refractivity contribution in [3.8, 4) is 66.8 Å². The van der Waals surface area contributed by atoms with Crippen molar-refractivity contribution < 1.29 is 0 Å². The molecule has 0 aliphatic carbocycles. The first-order valence-electron chi connectivity index (χ1n) is 25.5. The highest BCUT2D eigenvalue weighted by Gasteiger charge is 2.17. The van der Waals surface area contributed by atoms with Crippen molar-refractivity contribution in [1.82, 2.24) is 0 Å². The monoisotopic (exact) mass is 935 g/mol. The summed E-state index contributed by atoms with van der Waals surface area (Å²) in [6.45, 7) is 13.1. The molecule has 0 saturated carbocycles. The van der Waals surface area contributed by atoms with Crippen LogP contribution >= 0.6 is 0 Å². The second kappa shape index (κ2) is 18.8. The van der Waals surface area contributed by atoms with Crippen LogP contribution in [0.5, 0.6) is 0 Å². The molecule has 0 fully saturated rings. The molecule has 0 heterocycles. The third kappa shape index (κ3) is 9.00. The molecule has 73 heavy (non-hydrogen) atoms. The fraction of sp³-hybridized carbons (Fsp3) is 0.0833. The summed E-state index contributed by atoms with van der Waals surface area (Å²) in [5.74, 6) is 0. The Hall–Kier alpha value is -8.78. The summed E-state index contributed by atoms with van der Waals surface area (Å²) < 4.78 is 0. The molecule has 12 aromatic rings. The zero-order valence-electron chi connectivity index (χ0n) is 42.5. The summed E-state index contributed by atoms with van der Waals surface area (Å²) in [7, 11) is 0. The Labute approximate surface area is 430 Å². The Morgan fingerprint density at radius 2 is 0.411 bits per heavy atom. The Bertz CT molecular complexity index is 3640. The van der Waals surface area contributed by atoms with Crippen molar-refractivity contribution in [1.29, 1.82) is 0 Å². The molecule has 0 N–H and O–H groups in total. The third-order valence-electron chi connectivity index (χ3n) is 15.0. The molecule has 0 aromatic heterocycles. The molecule has 0 aliphatic rings. The van der Waals surface area contributed by atoms with Crippen molar-refractivity contribution in [2.75, 3.05) is 4.90 Å². The maximum Gasteiger partial charge on any atom is 0.0462 e. The number of benzene rings is 12. The van der Waals surface area contributed by atoms with Gasteiger partial charge in [0.05, 0.1) is 0 Å². The van der Waals surface area contributed by atoms with Gasteiger partial charge in [0.25, 0.3) is 0 Å². The van der Waals surface area contributed by atoms with Crippen LogP contribution in [0.2, 0.25) is 0 Å². The SMILES string of the molecule is Cc1ccc2cc(-c3ccc(C)c(-c4ccc(N(c5ccc(-c6cc(-c7ccc8cc(C)ccc8c7)ccc6C)cc5)c5ccc(-c6cc(-c7ccc8cc(C)ccc8c7)ccc6C)cc5)cc4)c3)ccc2c1. The molecule has 1 heteroatoms. The van der Waals surface area contributed by atoms with Gasteiger partial charge in [-0.1, -0.05) is 180 Å². The van der Waals surface area contributed by atoms with Gasteiger partial charge in [-0.25, -0.2) is 0 Å². The Balaban J connectivity index is 0.898. The summed E-state index contributed by atoms with van der Waals surface area (Å²) in [5.41, 5.74) is 25.5. The molecule has 0 bridgehead atoms. The number of aryl methyl sites for hydroxylation is 6. The van der Waals surface area contributed by atoms with Gasteiger partial charge >= 0.3 is 0 Å². The van der Waals surface area contributed by atoms with Crippen molar-refractivity contribution >= 4 is 49.4 Å². The smallest absolute Gasteiger partial charge is 0.0462 e. The van der Waals surface area contributed by atoms with Crippen LogP contribution in [0.3, 0.4) is 0 Å². The zero-order valence-corrected chi connectivity index (χ0v) is 42.5. The summed E-state index contributed by atoms with van der Waals surface area (Å²) in [5, 5.41) is 7.59. The van der Waals surface area contributed by atoms with Gasteiger partial charge in [-0.15, -0.1) is 0 Å². The van der Waals surface area contributed by atoms with E-state index in [4.69, 9.17) is 0 Å². The number of nitrogens with zero attached hydrogens (tertiary/aromatic N) is 1. The van der Waals surface area contributed by atoms with Crippen LogP contribution in [0.4, 0.5) is 17.1 Å². The molecule has 0 radical (unpaired) electrons. The van der Waals surface area contributed by atoms with Gasteiger partial charge in [0.1, 0.15) is 0 Å². The van der Waals surface area contributed by atoms with Gasteiger partial charge in [-0.2, -0.15) is 0 Å². The van der Waals surface area contributed by atoms with E-state index in [1.807, 2.05) is 0 Å². The number of rotatable bonds is 9. The molecule has 0 spiro atoms. The average molecular weight is 936 g/mol. The normalized spacial score (nSPS) is 11.4. The van der Waals surface area contributed by atoms with Gasteiger partial charge in [0, 0.05) is 17.1 Å². The first kappa shape index (κ1) is 45.4. The molecule has 12 aromatic carbocycles. The largest absolute Gasteiger partial charge is 0.311 e. The van der Waals surface area contributed by atoms with E-state index in [0.29, 0.717) is 0 Å². The molecule has 0 atom stereocenters. The maximum absolute atomic E-state index is 2.39. The summed E-state index contributed by atoms with van der Waals surface area (Å²) in [6.07, 6.45) is 0. The van der Waals surface area contributed by atoms with Crippen LogP contribution in [0, 0.1) is 41.5 Å². The molecular formula is C72H57N. The van der Waals surface area contributed by atoms with E-state index in [-0.39, 0.29) is 0 Å². The van der Waals surface area contributed by atoms with Gasteiger partial charge in [-0.3, -0.25) is 0 Å². The molecule has 0 amide bonds. The first-order valence-corrected chi connectivity index (χ1v) is 25.5. The second-order valence-electron chi connectivity index (χ2n) is 20.3. The molecule has 1 nitrogen and oxygen atoms in total. The van der Waals surface area contributed by atoms with E-state index < -0.39 is 0 Å². The van der Waals surface area contributed by atoms with E-state index in [1.165, 1.54) is 132 Å². The Morgan fingerprint density at radius 1 is 0.192 bits per heavy atom. The highest BCUT2D eigenvalue weighted by Crippen LogP contribution is 2.41. The molecular weight excluding hydrogens is 879 g/mol. The van der Waals surface area contributed by atoms with Crippen molar-refractivity contribution in [2.45, 2.75) is 41.5 Å². The lowest BCUT2D eigenvalue weighted by atomic mass is 9.93. The minimum absolute atomic E-state index is 1.09. The predicted molar refractivity (Wildman–Crippen MR) is 315 cm³/mol. The van der Waals surface area contributed by atoms with E-state index >= 15 is 0 Å². The third-order valence-corrected chi connectivity index (χ3v) is 15.0. The lowest BCUT2D eigenvalue weighted by Crippen LogP contribution is -2.10. The lowest BCUT2D eigenvalue weighted by molar-refractivity contribution is 1.28. The zero-order chi connectivity index (χ0) is 49.7. The number of anilines is 3. The molecule has 0 aliphatic heterocycles. The molecule has 0 saturated heterocycles. The first-order chi connectivity index (χ1) is 35.6. The van der Waals surface area contributed by atoms with Crippen molar-refractivity contribution in [3.63, 3.8) is 0 Å². The van der Waals surface area contributed by atoms with E-state index in [0.717, 1.165) is 17.1 Å². The molecule has 12 rings (SSSR count). The number of fused-ring (bicyclic) bond motifs is 3. The predicted octanol–water partition coefficient (Wildman–Crippen LogP) is 20.5. The summed E-state index contributed by atoms with van der Waals surface area (Å²) >= 11 is 0. The van der Waals surface area contributed by atoms with Crippen LogP contribution in [-0.4, -0.2) is 0 Å². The van der Waals surface area contributed by atoms with E-state index in [9.17, 15) is 0 Å². The maximum atomic E-state index is 2.39. The van der Waals surface area contributed by atoms with Crippen LogP contribution in [-0.2, 0) is 0 Å². The quantitative estimate of drug-likeness (QED) is 0.139. The van der Waals surface area contributed by atoms with Gasteiger partial charge in [0.15, 0.2) is 0 Å². The number of hydrogen-bond acceptors (Lipinski definition) is 1.